The zero-order chi connectivity index (χ0) is 11.5. The molecule has 0 amide bonds. The molecule has 1 aliphatic rings. The summed E-state index contributed by atoms with van der Waals surface area (Å²) in [6, 6.07) is 3.72. The van der Waals surface area contributed by atoms with Gasteiger partial charge in [0, 0.05) is 19.3 Å². The van der Waals surface area contributed by atoms with Gasteiger partial charge in [-0.05, 0) is 30.0 Å². The van der Waals surface area contributed by atoms with Crippen molar-refractivity contribution in [3.63, 3.8) is 0 Å². The lowest BCUT2D eigenvalue weighted by molar-refractivity contribution is 0.0969. The summed E-state index contributed by atoms with van der Waals surface area (Å²) in [5.41, 5.74) is 0.878. The van der Waals surface area contributed by atoms with Crippen molar-refractivity contribution in [2.24, 2.45) is 5.92 Å². The zero-order valence-corrected chi connectivity index (χ0v) is 9.50. The van der Waals surface area contributed by atoms with Gasteiger partial charge in [-0.3, -0.25) is 0 Å². The van der Waals surface area contributed by atoms with Crippen LogP contribution >= 0.6 is 0 Å². The van der Waals surface area contributed by atoms with Gasteiger partial charge in [0.15, 0.2) is 0 Å². The highest BCUT2D eigenvalue weighted by molar-refractivity contribution is 5.41. The van der Waals surface area contributed by atoms with Crippen molar-refractivity contribution in [1.29, 1.82) is 0 Å². The molecule has 0 aromatic carbocycles. The molecule has 2 heterocycles. The Balaban J connectivity index is 2.12. The number of pyridine rings is 1. The van der Waals surface area contributed by atoms with E-state index in [4.69, 9.17) is 5.11 Å². The molecule has 0 aliphatic carbocycles. The minimum absolute atomic E-state index is 0.0432. The SMILES string of the molecule is CC1CN(c2cc(CO)ccn2)CCC1O. The highest BCUT2D eigenvalue weighted by Gasteiger charge is 2.24. The van der Waals surface area contributed by atoms with Crippen molar-refractivity contribution >= 4 is 5.82 Å². The van der Waals surface area contributed by atoms with Gasteiger partial charge in [0.05, 0.1) is 12.7 Å². The smallest absolute Gasteiger partial charge is 0.128 e. The van der Waals surface area contributed by atoms with Gasteiger partial charge >= 0.3 is 0 Å². The van der Waals surface area contributed by atoms with E-state index in [-0.39, 0.29) is 18.6 Å². The predicted octanol–water partition coefficient (Wildman–Crippen LogP) is 0.781. The molecule has 2 unspecified atom stereocenters. The Hall–Kier alpha value is -1.13. The number of piperidine rings is 1. The van der Waals surface area contributed by atoms with Gasteiger partial charge in [0.25, 0.3) is 0 Å². The second-order valence-electron chi connectivity index (χ2n) is 4.46. The Kier molecular flexibility index (Phi) is 3.41. The second-order valence-corrected chi connectivity index (χ2v) is 4.46. The van der Waals surface area contributed by atoms with Crippen LogP contribution in [0.5, 0.6) is 0 Å². The molecule has 1 aromatic rings. The van der Waals surface area contributed by atoms with Crippen LogP contribution in [0.25, 0.3) is 0 Å². The molecule has 0 saturated carbocycles. The minimum Gasteiger partial charge on any atom is -0.393 e. The summed E-state index contributed by atoms with van der Waals surface area (Å²) in [6.45, 7) is 3.74. The molecule has 4 nitrogen and oxygen atoms in total. The summed E-state index contributed by atoms with van der Waals surface area (Å²) in [5.74, 6) is 1.17. The third-order valence-corrected chi connectivity index (χ3v) is 3.18. The Bertz CT molecular complexity index is 357. The van der Waals surface area contributed by atoms with Crippen molar-refractivity contribution < 1.29 is 10.2 Å². The van der Waals surface area contributed by atoms with Gasteiger partial charge in [0.1, 0.15) is 5.82 Å². The highest BCUT2D eigenvalue weighted by atomic mass is 16.3. The standard InChI is InChI=1S/C12H18N2O2/c1-9-7-14(5-3-11(9)16)12-6-10(8-15)2-4-13-12/h2,4,6,9,11,15-16H,3,5,7-8H2,1H3. The van der Waals surface area contributed by atoms with Crippen LogP contribution in [0, 0.1) is 5.92 Å². The number of nitrogens with zero attached hydrogens (tertiary/aromatic N) is 2. The molecule has 16 heavy (non-hydrogen) atoms. The fourth-order valence-corrected chi connectivity index (χ4v) is 2.07. The number of aliphatic hydroxyl groups is 2. The molecule has 1 saturated heterocycles. The normalized spacial score (nSPS) is 25.8. The topological polar surface area (TPSA) is 56.6 Å². The van der Waals surface area contributed by atoms with Crippen molar-refractivity contribution in [3.8, 4) is 0 Å². The predicted molar refractivity (Wildman–Crippen MR) is 62.2 cm³/mol. The molecule has 0 bridgehead atoms. The van der Waals surface area contributed by atoms with Crippen molar-refractivity contribution in [2.75, 3.05) is 18.0 Å². The quantitative estimate of drug-likeness (QED) is 0.776. The molecule has 1 aromatic heterocycles. The molecule has 0 spiro atoms. The van der Waals surface area contributed by atoms with Crippen LogP contribution in [-0.2, 0) is 6.61 Å². The Morgan fingerprint density at radius 2 is 2.38 bits per heavy atom. The summed E-state index contributed by atoms with van der Waals surface area (Å²) in [5, 5.41) is 18.7. The monoisotopic (exact) mass is 222 g/mol. The first-order chi connectivity index (χ1) is 7.70. The molecule has 2 N–H and O–H groups in total. The second kappa shape index (κ2) is 4.80. The number of aliphatic hydroxyl groups excluding tert-OH is 2. The Morgan fingerprint density at radius 1 is 1.56 bits per heavy atom. The van der Waals surface area contributed by atoms with E-state index in [0.717, 1.165) is 30.9 Å². The average molecular weight is 222 g/mol. The van der Waals surface area contributed by atoms with Crippen LogP contribution in [0.15, 0.2) is 18.3 Å². The van der Waals surface area contributed by atoms with Crippen LogP contribution < -0.4 is 4.90 Å². The largest absolute Gasteiger partial charge is 0.393 e. The molecule has 2 rings (SSSR count). The van der Waals surface area contributed by atoms with Crippen LogP contribution in [0.4, 0.5) is 5.82 Å². The van der Waals surface area contributed by atoms with Crippen LogP contribution in [0.2, 0.25) is 0 Å². The summed E-state index contributed by atoms with van der Waals surface area (Å²) in [7, 11) is 0. The summed E-state index contributed by atoms with van der Waals surface area (Å²) >= 11 is 0. The zero-order valence-electron chi connectivity index (χ0n) is 9.50. The van der Waals surface area contributed by atoms with E-state index < -0.39 is 0 Å². The maximum absolute atomic E-state index is 9.66. The summed E-state index contributed by atoms with van der Waals surface area (Å²) in [4.78, 5) is 6.47. The fourth-order valence-electron chi connectivity index (χ4n) is 2.07. The van der Waals surface area contributed by atoms with Crippen LogP contribution in [0.1, 0.15) is 18.9 Å². The average Bonchev–Trinajstić information content (AvgIpc) is 2.33. The van der Waals surface area contributed by atoms with Gasteiger partial charge in [-0.25, -0.2) is 4.98 Å². The maximum atomic E-state index is 9.66. The lowest BCUT2D eigenvalue weighted by atomic mass is 9.97. The van der Waals surface area contributed by atoms with Gasteiger partial charge in [-0.15, -0.1) is 0 Å². The van der Waals surface area contributed by atoms with E-state index in [9.17, 15) is 5.11 Å². The fraction of sp³-hybridized carbons (Fsp3) is 0.583. The Labute approximate surface area is 95.5 Å². The highest BCUT2D eigenvalue weighted by Crippen LogP contribution is 2.22. The number of hydrogen-bond donors (Lipinski definition) is 2. The number of aromatic nitrogens is 1. The van der Waals surface area contributed by atoms with E-state index in [1.807, 2.05) is 19.1 Å². The third kappa shape index (κ3) is 2.33. The van der Waals surface area contributed by atoms with Gasteiger partial charge in [-0.2, -0.15) is 0 Å². The molecule has 0 radical (unpaired) electrons. The van der Waals surface area contributed by atoms with Gasteiger partial charge in [-0.1, -0.05) is 6.92 Å². The maximum Gasteiger partial charge on any atom is 0.128 e. The molecule has 88 valence electrons. The summed E-state index contributed by atoms with van der Waals surface area (Å²) < 4.78 is 0. The molecule has 4 heteroatoms. The van der Waals surface area contributed by atoms with Crippen LogP contribution in [0.3, 0.4) is 0 Å². The number of rotatable bonds is 2. The lowest BCUT2D eigenvalue weighted by Gasteiger charge is -2.35. The van der Waals surface area contributed by atoms with E-state index >= 15 is 0 Å². The van der Waals surface area contributed by atoms with Gasteiger partial charge < -0.3 is 15.1 Å². The minimum atomic E-state index is -0.197. The van der Waals surface area contributed by atoms with Crippen molar-refractivity contribution in [3.05, 3.63) is 23.9 Å². The van der Waals surface area contributed by atoms with E-state index in [0.29, 0.717) is 0 Å². The first-order valence-corrected chi connectivity index (χ1v) is 5.69. The third-order valence-electron chi connectivity index (χ3n) is 3.18. The summed E-state index contributed by atoms with van der Waals surface area (Å²) in [6.07, 6.45) is 2.31. The number of anilines is 1. The first-order valence-electron chi connectivity index (χ1n) is 5.69. The van der Waals surface area contributed by atoms with Crippen molar-refractivity contribution in [2.45, 2.75) is 26.1 Å². The van der Waals surface area contributed by atoms with Crippen molar-refractivity contribution in [1.82, 2.24) is 4.98 Å². The lowest BCUT2D eigenvalue weighted by Crippen LogP contribution is -2.42. The first kappa shape index (κ1) is 11.4. The number of hydrogen-bond acceptors (Lipinski definition) is 4. The molecular formula is C12H18N2O2. The van der Waals surface area contributed by atoms with Gasteiger partial charge in [0.2, 0.25) is 0 Å². The van der Waals surface area contributed by atoms with E-state index in [1.165, 1.54) is 0 Å². The van der Waals surface area contributed by atoms with Crippen LogP contribution in [-0.4, -0.2) is 34.4 Å². The van der Waals surface area contributed by atoms with E-state index in [1.54, 1.807) is 6.20 Å². The molecule has 1 fully saturated rings. The molecular weight excluding hydrogens is 204 g/mol. The molecule has 2 atom stereocenters. The van der Waals surface area contributed by atoms with E-state index in [2.05, 4.69) is 9.88 Å². The molecule has 1 aliphatic heterocycles. The Morgan fingerprint density at radius 3 is 3.06 bits per heavy atom.